The molecule has 4 rings (SSSR count). The predicted octanol–water partition coefficient (Wildman–Crippen LogP) is 6.93. The molecule has 7 heteroatoms. The predicted molar refractivity (Wildman–Crippen MR) is 129 cm³/mol. The second-order valence-electron chi connectivity index (χ2n) is 6.92. The van der Waals surface area contributed by atoms with E-state index in [2.05, 4.69) is 43.3 Å². The van der Waals surface area contributed by atoms with Crippen LogP contribution in [0.15, 0.2) is 69.4 Å². The molecule has 31 heavy (non-hydrogen) atoms. The number of hydrogen-bond donors (Lipinski definition) is 0. The maximum atomic E-state index is 12.5. The van der Waals surface area contributed by atoms with Gasteiger partial charge in [-0.05, 0) is 50.6 Å². The highest BCUT2D eigenvalue weighted by atomic mass is 32.2. The van der Waals surface area contributed by atoms with Crippen molar-refractivity contribution in [1.29, 1.82) is 0 Å². The van der Waals surface area contributed by atoms with E-state index in [-0.39, 0.29) is 5.97 Å². The molecule has 0 aliphatic heterocycles. The molecular weight excluding hydrogens is 444 g/mol. The van der Waals surface area contributed by atoms with Crippen molar-refractivity contribution in [3.8, 4) is 0 Å². The molecule has 0 amide bonds. The van der Waals surface area contributed by atoms with E-state index in [1.165, 1.54) is 21.8 Å². The normalized spacial score (nSPS) is 11.1. The Kier molecular flexibility index (Phi) is 6.95. The summed E-state index contributed by atoms with van der Waals surface area (Å²) in [5.41, 5.74) is 2.10. The second kappa shape index (κ2) is 9.85. The number of thiophene rings is 1. The number of thioether (sulfide) groups is 1. The van der Waals surface area contributed by atoms with Gasteiger partial charge < -0.3 is 4.74 Å². The first-order valence-corrected chi connectivity index (χ1v) is 12.6. The van der Waals surface area contributed by atoms with Crippen molar-refractivity contribution in [2.24, 2.45) is 0 Å². The van der Waals surface area contributed by atoms with Crippen LogP contribution in [0.2, 0.25) is 0 Å². The lowest BCUT2D eigenvalue weighted by Crippen LogP contribution is -2.03. The molecule has 0 spiro atoms. The number of esters is 1. The van der Waals surface area contributed by atoms with Crippen molar-refractivity contribution in [3.05, 3.63) is 76.4 Å². The van der Waals surface area contributed by atoms with Gasteiger partial charge in [0.1, 0.15) is 20.6 Å². The summed E-state index contributed by atoms with van der Waals surface area (Å²) in [5, 5.41) is 1.81. The Hall–Kier alpha value is -2.35. The number of carbonyl (C=O) groups is 1. The highest BCUT2D eigenvalue weighted by Crippen LogP contribution is 2.39. The molecule has 2 heterocycles. The van der Waals surface area contributed by atoms with Crippen molar-refractivity contribution in [2.75, 3.05) is 6.61 Å². The minimum atomic E-state index is -0.297. The van der Waals surface area contributed by atoms with Crippen molar-refractivity contribution in [2.45, 2.75) is 41.3 Å². The Morgan fingerprint density at radius 1 is 1.00 bits per heavy atom. The van der Waals surface area contributed by atoms with Gasteiger partial charge in [0.05, 0.1) is 12.4 Å². The first-order chi connectivity index (χ1) is 15.0. The maximum absolute atomic E-state index is 12.5. The Morgan fingerprint density at radius 2 is 1.74 bits per heavy atom. The summed E-state index contributed by atoms with van der Waals surface area (Å²) in [6, 6.07) is 18.6. The summed E-state index contributed by atoms with van der Waals surface area (Å²) in [7, 11) is 0. The Bertz CT molecular complexity index is 1210. The molecule has 0 aliphatic rings. The van der Waals surface area contributed by atoms with E-state index in [9.17, 15) is 4.79 Å². The van der Waals surface area contributed by atoms with Crippen LogP contribution in [0.5, 0.6) is 0 Å². The van der Waals surface area contributed by atoms with Crippen molar-refractivity contribution in [1.82, 2.24) is 9.97 Å². The minimum Gasteiger partial charge on any atom is -0.462 e. The molecule has 2 aromatic carbocycles. The molecule has 0 saturated carbocycles. The second-order valence-corrected chi connectivity index (χ2v) is 10.0. The summed E-state index contributed by atoms with van der Waals surface area (Å²) in [6.45, 7) is 6.19. The van der Waals surface area contributed by atoms with Gasteiger partial charge in [0, 0.05) is 15.2 Å². The fraction of sp³-hybridized carbons (Fsp3) is 0.208. The lowest BCUT2D eigenvalue weighted by molar-refractivity contribution is 0.0531. The summed E-state index contributed by atoms with van der Waals surface area (Å²) in [4.78, 5) is 25.9. The zero-order chi connectivity index (χ0) is 21.8. The number of aryl methyl sites for hydroxylation is 2. The van der Waals surface area contributed by atoms with Crippen molar-refractivity contribution >= 4 is 51.0 Å². The van der Waals surface area contributed by atoms with E-state index in [4.69, 9.17) is 14.7 Å². The zero-order valence-corrected chi connectivity index (χ0v) is 20.0. The Labute approximate surface area is 194 Å². The van der Waals surface area contributed by atoms with Gasteiger partial charge >= 0.3 is 5.97 Å². The van der Waals surface area contributed by atoms with E-state index in [0.29, 0.717) is 17.2 Å². The first-order valence-electron chi connectivity index (χ1n) is 9.94. The number of aromatic nitrogens is 2. The fourth-order valence-electron chi connectivity index (χ4n) is 3.06. The third-order valence-corrected chi connectivity index (χ3v) is 7.78. The van der Waals surface area contributed by atoms with Crippen molar-refractivity contribution in [3.63, 3.8) is 0 Å². The number of benzene rings is 2. The largest absolute Gasteiger partial charge is 0.462 e. The highest BCUT2D eigenvalue weighted by Gasteiger charge is 2.22. The van der Waals surface area contributed by atoms with Gasteiger partial charge in [-0.3, -0.25) is 0 Å². The van der Waals surface area contributed by atoms with Crippen LogP contribution in [0.3, 0.4) is 0 Å². The minimum absolute atomic E-state index is 0.297. The van der Waals surface area contributed by atoms with Gasteiger partial charge in [0.2, 0.25) is 0 Å². The summed E-state index contributed by atoms with van der Waals surface area (Å²) < 4.78 is 5.26. The van der Waals surface area contributed by atoms with E-state index >= 15 is 0 Å². The van der Waals surface area contributed by atoms with E-state index < -0.39 is 0 Å². The van der Waals surface area contributed by atoms with Gasteiger partial charge in [-0.25, -0.2) is 14.8 Å². The number of fused-ring (bicyclic) bond motifs is 1. The SMILES string of the molecule is CCOC(=O)c1sc2nc(CSc3ccccc3)nc(Sc3ccc(C)cc3)c2c1C. The number of ether oxygens (including phenoxy) is 1. The lowest BCUT2D eigenvalue weighted by Gasteiger charge is -2.08. The summed E-state index contributed by atoms with van der Waals surface area (Å²) >= 11 is 4.70. The highest BCUT2D eigenvalue weighted by molar-refractivity contribution is 7.99. The molecule has 4 aromatic rings. The molecule has 0 atom stereocenters. The smallest absolute Gasteiger partial charge is 0.348 e. The monoisotopic (exact) mass is 466 g/mol. The summed E-state index contributed by atoms with van der Waals surface area (Å²) in [6.07, 6.45) is 0. The van der Waals surface area contributed by atoms with Gasteiger partial charge in [0.15, 0.2) is 0 Å². The van der Waals surface area contributed by atoms with E-state index in [1.54, 1.807) is 23.5 Å². The van der Waals surface area contributed by atoms with Gasteiger partial charge in [-0.15, -0.1) is 23.1 Å². The Morgan fingerprint density at radius 3 is 2.45 bits per heavy atom. The van der Waals surface area contributed by atoms with Crippen LogP contribution < -0.4 is 0 Å². The quantitative estimate of drug-likeness (QED) is 0.167. The first kappa shape index (κ1) is 21.9. The molecule has 0 saturated heterocycles. The van der Waals surface area contributed by atoms with Crippen LogP contribution in [0.1, 0.15) is 33.5 Å². The molecule has 4 nitrogen and oxygen atoms in total. The third kappa shape index (κ3) is 5.11. The molecule has 0 aliphatic carbocycles. The van der Waals surface area contributed by atoms with Gasteiger partial charge in [-0.2, -0.15) is 0 Å². The molecule has 0 radical (unpaired) electrons. The van der Waals surface area contributed by atoms with Gasteiger partial charge in [-0.1, -0.05) is 47.7 Å². The number of rotatable bonds is 7. The summed E-state index contributed by atoms with van der Waals surface area (Å²) in [5.74, 6) is 1.12. The van der Waals surface area contributed by atoms with Crippen LogP contribution >= 0.6 is 34.9 Å². The number of nitrogens with zero attached hydrogens (tertiary/aromatic N) is 2. The molecule has 0 fully saturated rings. The maximum Gasteiger partial charge on any atom is 0.348 e. The number of hydrogen-bond acceptors (Lipinski definition) is 7. The molecule has 0 N–H and O–H groups in total. The topological polar surface area (TPSA) is 52.1 Å². The van der Waals surface area contributed by atoms with Crippen LogP contribution in [0.25, 0.3) is 10.2 Å². The standard InChI is InChI=1S/C24H22N2O2S3/c1-4-28-24(27)21-16(3)20-22(30-18-12-10-15(2)11-13-18)25-19(26-23(20)31-21)14-29-17-8-6-5-7-9-17/h5-13H,4,14H2,1-3H3. The molecular formula is C24H22N2O2S3. The van der Waals surface area contributed by atoms with Crippen LogP contribution in [-0.4, -0.2) is 22.5 Å². The van der Waals surface area contributed by atoms with Gasteiger partial charge in [0.25, 0.3) is 0 Å². The van der Waals surface area contributed by atoms with Crippen LogP contribution in [-0.2, 0) is 10.5 Å². The molecule has 0 bridgehead atoms. The average Bonchev–Trinajstić information content (AvgIpc) is 3.11. The van der Waals surface area contributed by atoms with E-state index in [0.717, 1.165) is 31.5 Å². The van der Waals surface area contributed by atoms with Crippen LogP contribution in [0, 0.1) is 13.8 Å². The lowest BCUT2D eigenvalue weighted by atomic mass is 10.2. The van der Waals surface area contributed by atoms with Crippen LogP contribution in [0.4, 0.5) is 0 Å². The van der Waals surface area contributed by atoms with Crippen molar-refractivity contribution < 1.29 is 9.53 Å². The van der Waals surface area contributed by atoms with E-state index in [1.807, 2.05) is 32.0 Å². The third-order valence-electron chi connectivity index (χ3n) is 4.61. The molecule has 0 unspecified atom stereocenters. The molecule has 158 valence electrons. The molecule has 2 aromatic heterocycles. The zero-order valence-electron chi connectivity index (χ0n) is 17.5. The Balaban J connectivity index is 1.74. The average molecular weight is 467 g/mol. The fourth-order valence-corrected chi connectivity index (χ4v) is 5.99. The number of carbonyl (C=O) groups excluding carboxylic acids is 1.